The predicted octanol–water partition coefficient (Wildman–Crippen LogP) is 5.29. The lowest BCUT2D eigenvalue weighted by molar-refractivity contribution is -0.141. The Morgan fingerprint density at radius 3 is 2.45 bits per heavy atom. The van der Waals surface area contributed by atoms with Crippen molar-refractivity contribution < 1.29 is 19.2 Å². The fourth-order valence-electron chi connectivity index (χ4n) is 7.68. The molecule has 254 valence electrons. The Morgan fingerprint density at radius 2 is 1.79 bits per heavy atom. The van der Waals surface area contributed by atoms with Crippen molar-refractivity contribution in [1.82, 2.24) is 25.7 Å². The van der Waals surface area contributed by atoms with Gasteiger partial charge in [0.05, 0.1) is 28.2 Å². The van der Waals surface area contributed by atoms with Crippen LogP contribution in [0, 0.1) is 24.7 Å². The van der Waals surface area contributed by atoms with Crippen molar-refractivity contribution >= 4 is 29.0 Å². The largest absolute Gasteiger partial charge is 0.391 e. The molecule has 10 nitrogen and oxygen atoms in total. The molecule has 0 spiro atoms. The summed E-state index contributed by atoms with van der Waals surface area (Å²) < 4.78 is 5.85. The summed E-state index contributed by atoms with van der Waals surface area (Å²) in [4.78, 5) is 37.0. The van der Waals surface area contributed by atoms with E-state index in [1.807, 2.05) is 63.5 Å². The molecule has 3 saturated heterocycles. The number of aryl methyl sites for hydroxylation is 1. The molecule has 3 aromatic rings. The molecule has 3 aliphatic rings. The van der Waals surface area contributed by atoms with E-state index in [4.69, 9.17) is 4.52 Å². The lowest BCUT2D eigenvalue weighted by atomic mass is 9.83. The first kappa shape index (κ1) is 33.6. The predicted molar refractivity (Wildman–Crippen MR) is 184 cm³/mol. The van der Waals surface area contributed by atoms with Gasteiger partial charge in [-0.15, -0.1) is 11.3 Å². The van der Waals surface area contributed by atoms with E-state index in [2.05, 4.69) is 25.7 Å². The number of anilines is 1. The minimum absolute atomic E-state index is 0.0832. The number of aliphatic hydroxyl groups is 1. The average Bonchev–Trinajstić information content (AvgIpc) is 3.82. The average molecular weight is 663 g/mol. The molecule has 0 unspecified atom stereocenters. The molecule has 0 radical (unpaired) electrons. The van der Waals surface area contributed by atoms with Gasteiger partial charge in [-0.2, -0.15) is 0 Å². The Balaban J connectivity index is 1.08. The summed E-state index contributed by atoms with van der Waals surface area (Å²) in [6, 6.07) is 9.00. The van der Waals surface area contributed by atoms with E-state index in [1.54, 1.807) is 16.2 Å². The van der Waals surface area contributed by atoms with E-state index >= 15 is 0 Å². The van der Waals surface area contributed by atoms with Crippen LogP contribution in [0.3, 0.4) is 0 Å². The maximum absolute atomic E-state index is 14.1. The SMILES string of the molecule is Cc1ncsc1-c1ccc([C@H](C)NC(=O)[C@@H]2C[C@@H](O)CN2C(=O)[C@H](c2cc(N3CCC(CC4CCNCC4)CC3)no2)C(C)C)cc1. The maximum atomic E-state index is 14.1. The minimum Gasteiger partial charge on any atom is -0.391 e. The number of benzene rings is 1. The van der Waals surface area contributed by atoms with Gasteiger partial charge >= 0.3 is 0 Å². The van der Waals surface area contributed by atoms with Crippen molar-refractivity contribution in [2.24, 2.45) is 17.8 Å². The Hall–Kier alpha value is -3.28. The molecule has 2 aromatic heterocycles. The number of carbonyl (C=O) groups is 2. The van der Waals surface area contributed by atoms with E-state index in [-0.39, 0.29) is 36.7 Å². The number of carbonyl (C=O) groups excluding carboxylic acids is 2. The van der Waals surface area contributed by atoms with Crippen molar-refractivity contribution in [3.63, 3.8) is 0 Å². The molecule has 3 aliphatic heterocycles. The number of piperidine rings is 2. The number of hydrogen-bond acceptors (Lipinski definition) is 9. The second-order valence-corrected chi connectivity index (χ2v) is 15.0. The van der Waals surface area contributed by atoms with Crippen LogP contribution in [0.4, 0.5) is 5.82 Å². The van der Waals surface area contributed by atoms with Crippen LogP contribution < -0.4 is 15.5 Å². The number of aliphatic hydroxyl groups excluding tert-OH is 1. The van der Waals surface area contributed by atoms with Gasteiger partial charge in [0.1, 0.15) is 12.0 Å². The van der Waals surface area contributed by atoms with E-state index in [1.165, 1.54) is 19.3 Å². The Kier molecular flexibility index (Phi) is 10.6. The minimum atomic E-state index is -0.767. The Bertz CT molecular complexity index is 1490. The summed E-state index contributed by atoms with van der Waals surface area (Å²) in [6.07, 6.45) is 5.62. The second kappa shape index (κ2) is 14.9. The Morgan fingerprint density at radius 1 is 1.09 bits per heavy atom. The van der Waals surface area contributed by atoms with Crippen LogP contribution in [0.2, 0.25) is 0 Å². The molecular weight excluding hydrogens is 613 g/mol. The highest BCUT2D eigenvalue weighted by molar-refractivity contribution is 7.13. The summed E-state index contributed by atoms with van der Waals surface area (Å²) in [5.74, 6) is 1.73. The van der Waals surface area contributed by atoms with Crippen LogP contribution in [0.5, 0.6) is 0 Å². The summed E-state index contributed by atoms with van der Waals surface area (Å²) in [6.45, 7) is 12.2. The first-order valence-electron chi connectivity index (χ1n) is 17.4. The molecule has 0 bridgehead atoms. The zero-order valence-corrected chi connectivity index (χ0v) is 29.0. The smallest absolute Gasteiger partial charge is 0.243 e. The van der Waals surface area contributed by atoms with Gasteiger partial charge in [-0.05, 0) is 87.9 Å². The van der Waals surface area contributed by atoms with Crippen LogP contribution in [0.15, 0.2) is 40.4 Å². The molecular formula is C36H50N6O4S. The van der Waals surface area contributed by atoms with Crippen molar-refractivity contribution in [3.8, 4) is 10.4 Å². The molecule has 3 fully saturated rings. The molecule has 4 atom stereocenters. The van der Waals surface area contributed by atoms with Gasteiger partial charge in [0.25, 0.3) is 0 Å². The molecule has 3 N–H and O–H groups in total. The molecule has 0 aliphatic carbocycles. The summed E-state index contributed by atoms with van der Waals surface area (Å²) in [5.41, 5.74) is 4.90. The topological polar surface area (TPSA) is 124 Å². The van der Waals surface area contributed by atoms with Crippen molar-refractivity contribution in [3.05, 3.63) is 52.9 Å². The van der Waals surface area contributed by atoms with Gasteiger partial charge in [0.15, 0.2) is 11.6 Å². The zero-order chi connectivity index (χ0) is 33.1. The number of amides is 2. The fraction of sp³-hybridized carbons (Fsp3) is 0.611. The van der Waals surface area contributed by atoms with Gasteiger partial charge in [-0.3, -0.25) is 9.59 Å². The number of nitrogens with one attached hydrogen (secondary N) is 2. The third-order valence-corrected chi connectivity index (χ3v) is 11.4. The number of likely N-dealkylation sites (tertiary alicyclic amines) is 1. The van der Waals surface area contributed by atoms with Gasteiger partial charge in [-0.1, -0.05) is 43.3 Å². The van der Waals surface area contributed by atoms with Crippen molar-refractivity contribution in [2.75, 3.05) is 37.6 Å². The van der Waals surface area contributed by atoms with Crippen LogP contribution in [0.25, 0.3) is 10.4 Å². The first-order chi connectivity index (χ1) is 22.7. The fourth-order valence-corrected chi connectivity index (χ4v) is 8.49. The molecule has 5 heterocycles. The third kappa shape index (κ3) is 7.73. The standard InChI is InChI=1S/C36H50N6O4S/c1-22(2)33(31-19-32(40-46-31)41-15-11-26(12-16-41)17-25-9-13-37-14-10-25)36(45)42-20-29(43)18-30(42)35(44)39-23(3)27-5-7-28(8-6-27)34-24(4)38-21-47-34/h5-8,19,21-23,25-26,29-30,33,37,43H,9-18,20H2,1-4H3,(H,39,44)/t23-,29+,30-,33-/m0/s1. The number of aromatic nitrogens is 2. The van der Waals surface area contributed by atoms with Crippen LogP contribution >= 0.6 is 11.3 Å². The molecule has 47 heavy (non-hydrogen) atoms. The third-order valence-electron chi connectivity index (χ3n) is 10.5. The van der Waals surface area contributed by atoms with E-state index in [9.17, 15) is 14.7 Å². The van der Waals surface area contributed by atoms with E-state index < -0.39 is 18.1 Å². The zero-order valence-electron chi connectivity index (χ0n) is 28.2. The highest BCUT2D eigenvalue weighted by atomic mass is 32.1. The highest BCUT2D eigenvalue weighted by Crippen LogP contribution is 2.35. The Labute approximate surface area is 282 Å². The van der Waals surface area contributed by atoms with Gasteiger partial charge < -0.3 is 30.1 Å². The van der Waals surface area contributed by atoms with Gasteiger partial charge in [-0.25, -0.2) is 4.98 Å². The van der Waals surface area contributed by atoms with Crippen LogP contribution in [0.1, 0.15) is 88.3 Å². The number of rotatable bonds is 10. The monoisotopic (exact) mass is 662 g/mol. The number of thiazole rings is 1. The molecule has 6 rings (SSSR count). The number of β-amino-alcohol motifs (C(OH)–C–C–N with tert-alkyl or cyclic N) is 1. The lowest BCUT2D eigenvalue weighted by Gasteiger charge is -2.34. The maximum Gasteiger partial charge on any atom is 0.243 e. The summed E-state index contributed by atoms with van der Waals surface area (Å²) in [5, 5.41) is 21.6. The molecule has 1 aromatic carbocycles. The summed E-state index contributed by atoms with van der Waals surface area (Å²) in [7, 11) is 0. The highest BCUT2D eigenvalue weighted by Gasteiger charge is 2.43. The normalized spacial score (nSPS) is 22.5. The van der Waals surface area contributed by atoms with Gasteiger partial charge in [0.2, 0.25) is 11.8 Å². The first-order valence-corrected chi connectivity index (χ1v) is 18.3. The molecule has 2 amide bonds. The second-order valence-electron chi connectivity index (χ2n) is 14.2. The van der Waals surface area contributed by atoms with Gasteiger partial charge in [0, 0.05) is 32.1 Å². The number of hydrogen-bond donors (Lipinski definition) is 3. The van der Waals surface area contributed by atoms with Crippen molar-refractivity contribution in [2.45, 2.75) is 90.3 Å². The lowest BCUT2D eigenvalue weighted by Crippen LogP contribution is -2.48. The van der Waals surface area contributed by atoms with E-state index in [0.717, 1.165) is 78.4 Å². The van der Waals surface area contributed by atoms with Crippen LogP contribution in [-0.4, -0.2) is 76.8 Å². The molecule has 0 saturated carbocycles. The van der Waals surface area contributed by atoms with Crippen LogP contribution in [-0.2, 0) is 9.59 Å². The van der Waals surface area contributed by atoms with E-state index in [0.29, 0.717) is 5.76 Å². The molecule has 11 heteroatoms. The quantitative estimate of drug-likeness (QED) is 0.268. The number of nitrogens with zero attached hydrogens (tertiary/aromatic N) is 4. The summed E-state index contributed by atoms with van der Waals surface area (Å²) >= 11 is 1.61. The van der Waals surface area contributed by atoms with Crippen molar-refractivity contribution in [1.29, 1.82) is 0 Å².